The highest BCUT2D eigenvalue weighted by Crippen LogP contribution is 2.17. The smallest absolute Gasteiger partial charge is 0.181 e. The predicted molar refractivity (Wildman–Crippen MR) is 64.1 cm³/mol. The fourth-order valence-electron chi connectivity index (χ4n) is 1.58. The number of benzene rings is 1. The number of hydrogen-bond donors (Lipinski definition) is 2. The summed E-state index contributed by atoms with van der Waals surface area (Å²) in [5.41, 5.74) is 8.80. The van der Waals surface area contributed by atoms with E-state index in [4.69, 9.17) is 10.2 Å². The van der Waals surface area contributed by atoms with E-state index < -0.39 is 0 Å². The molecule has 1 heterocycles. The fraction of sp³-hybridized carbons (Fsp3) is 0.417. The molecule has 0 saturated heterocycles. The van der Waals surface area contributed by atoms with Crippen molar-refractivity contribution in [3.8, 4) is 0 Å². The first kappa shape index (κ1) is 11.1. The van der Waals surface area contributed by atoms with Gasteiger partial charge in [0.2, 0.25) is 0 Å². The van der Waals surface area contributed by atoms with Gasteiger partial charge in [-0.3, -0.25) is 0 Å². The fourth-order valence-corrected chi connectivity index (χ4v) is 1.58. The van der Waals surface area contributed by atoms with E-state index in [0.717, 1.165) is 23.2 Å². The number of oxazole rings is 1. The van der Waals surface area contributed by atoms with Gasteiger partial charge in [-0.2, -0.15) is 0 Å². The molecule has 2 aromatic rings. The maximum absolute atomic E-state index is 6.08. The number of rotatable bonds is 4. The Labute approximate surface area is 94.8 Å². The van der Waals surface area contributed by atoms with Crippen molar-refractivity contribution >= 4 is 11.1 Å². The molecule has 2 rings (SSSR count). The summed E-state index contributed by atoms with van der Waals surface area (Å²) in [5.74, 6) is 0. The summed E-state index contributed by atoms with van der Waals surface area (Å²) < 4.78 is 5.25. The topological polar surface area (TPSA) is 64.1 Å². The van der Waals surface area contributed by atoms with Crippen LogP contribution in [0.5, 0.6) is 0 Å². The highest BCUT2D eigenvalue weighted by molar-refractivity contribution is 5.72. The molecule has 1 atom stereocenters. The lowest BCUT2D eigenvalue weighted by Gasteiger charge is -2.15. The van der Waals surface area contributed by atoms with Crippen LogP contribution in [0.2, 0.25) is 0 Å². The van der Waals surface area contributed by atoms with Gasteiger partial charge < -0.3 is 15.5 Å². The van der Waals surface area contributed by atoms with Gasteiger partial charge in [0.1, 0.15) is 5.52 Å². The Bertz CT molecular complexity index is 464. The Morgan fingerprint density at radius 3 is 3.00 bits per heavy atom. The number of nitrogens with one attached hydrogen (secondary N) is 1. The minimum Gasteiger partial charge on any atom is -0.443 e. The minimum absolute atomic E-state index is 0.0168. The van der Waals surface area contributed by atoms with Crippen LogP contribution < -0.4 is 11.1 Å². The lowest BCUT2D eigenvalue weighted by atomic mass is 10.1. The van der Waals surface area contributed by atoms with E-state index >= 15 is 0 Å². The summed E-state index contributed by atoms with van der Waals surface area (Å²) in [7, 11) is 0. The van der Waals surface area contributed by atoms with E-state index in [1.54, 1.807) is 0 Å². The van der Waals surface area contributed by atoms with E-state index in [1.165, 1.54) is 6.39 Å². The average molecular weight is 219 g/mol. The van der Waals surface area contributed by atoms with Crippen LogP contribution in [0.3, 0.4) is 0 Å². The molecule has 0 saturated carbocycles. The minimum atomic E-state index is -0.0168. The molecular formula is C12H17N3O. The standard InChI is InChI=1S/C12H17N3O/c1-8(2)14-6-10(13)9-3-4-11-12(5-9)16-7-15-11/h3-5,7-8,10,14H,6,13H2,1-2H3. The molecule has 4 nitrogen and oxygen atoms in total. The zero-order valence-corrected chi connectivity index (χ0v) is 9.60. The number of aromatic nitrogens is 1. The van der Waals surface area contributed by atoms with E-state index in [-0.39, 0.29) is 6.04 Å². The Hall–Kier alpha value is -1.39. The molecule has 1 unspecified atom stereocenters. The van der Waals surface area contributed by atoms with Gasteiger partial charge >= 0.3 is 0 Å². The zero-order valence-electron chi connectivity index (χ0n) is 9.60. The van der Waals surface area contributed by atoms with Crippen LogP contribution in [-0.4, -0.2) is 17.6 Å². The van der Waals surface area contributed by atoms with Crippen LogP contribution in [0, 0.1) is 0 Å². The summed E-state index contributed by atoms with van der Waals surface area (Å²) in [6.07, 6.45) is 1.45. The maximum atomic E-state index is 6.08. The molecule has 1 aromatic heterocycles. The molecule has 0 aliphatic heterocycles. The summed E-state index contributed by atoms with van der Waals surface area (Å²) in [6, 6.07) is 6.31. The second-order valence-electron chi connectivity index (χ2n) is 4.25. The van der Waals surface area contributed by atoms with Crippen molar-refractivity contribution in [1.29, 1.82) is 0 Å². The summed E-state index contributed by atoms with van der Waals surface area (Å²) in [4.78, 5) is 4.07. The van der Waals surface area contributed by atoms with E-state index in [0.29, 0.717) is 6.04 Å². The van der Waals surface area contributed by atoms with E-state index in [9.17, 15) is 0 Å². The number of nitrogens with zero attached hydrogens (tertiary/aromatic N) is 1. The van der Waals surface area contributed by atoms with Crippen LogP contribution in [-0.2, 0) is 0 Å². The van der Waals surface area contributed by atoms with Crippen LogP contribution >= 0.6 is 0 Å². The van der Waals surface area contributed by atoms with Crippen LogP contribution in [0.15, 0.2) is 29.0 Å². The molecule has 0 fully saturated rings. The second kappa shape index (κ2) is 4.63. The van der Waals surface area contributed by atoms with Gasteiger partial charge in [-0.1, -0.05) is 19.9 Å². The lowest BCUT2D eigenvalue weighted by Crippen LogP contribution is -2.31. The maximum Gasteiger partial charge on any atom is 0.181 e. The Balaban J connectivity index is 2.12. The van der Waals surface area contributed by atoms with Gasteiger partial charge in [0.05, 0.1) is 0 Å². The highest BCUT2D eigenvalue weighted by atomic mass is 16.3. The first-order chi connectivity index (χ1) is 7.66. The van der Waals surface area contributed by atoms with Gasteiger partial charge in [0.15, 0.2) is 12.0 Å². The third-order valence-electron chi connectivity index (χ3n) is 2.53. The van der Waals surface area contributed by atoms with E-state index in [1.807, 2.05) is 18.2 Å². The van der Waals surface area contributed by atoms with Crippen molar-refractivity contribution in [2.45, 2.75) is 25.9 Å². The Morgan fingerprint density at radius 1 is 1.44 bits per heavy atom. The van der Waals surface area contributed by atoms with Gasteiger partial charge in [0, 0.05) is 18.6 Å². The monoisotopic (exact) mass is 219 g/mol. The lowest BCUT2D eigenvalue weighted by molar-refractivity contribution is 0.537. The van der Waals surface area contributed by atoms with Crippen molar-refractivity contribution < 1.29 is 4.42 Å². The third-order valence-corrected chi connectivity index (χ3v) is 2.53. The number of hydrogen-bond acceptors (Lipinski definition) is 4. The molecule has 0 aliphatic rings. The molecule has 1 aromatic carbocycles. The van der Waals surface area contributed by atoms with Crippen molar-refractivity contribution in [2.75, 3.05) is 6.54 Å². The number of fused-ring (bicyclic) bond motifs is 1. The molecule has 0 spiro atoms. The molecule has 0 amide bonds. The summed E-state index contributed by atoms with van der Waals surface area (Å²) >= 11 is 0. The van der Waals surface area contributed by atoms with Crippen molar-refractivity contribution in [1.82, 2.24) is 10.3 Å². The van der Waals surface area contributed by atoms with E-state index in [2.05, 4.69) is 24.1 Å². The molecule has 86 valence electrons. The van der Waals surface area contributed by atoms with Crippen LogP contribution in [0.4, 0.5) is 0 Å². The third kappa shape index (κ3) is 2.40. The Kier molecular flexibility index (Phi) is 3.22. The Morgan fingerprint density at radius 2 is 2.25 bits per heavy atom. The van der Waals surface area contributed by atoms with Crippen LogP contribution in [0.1, 0.15) is 25.5 Å². The summed E-state index contributed by atoms with van der Waals surface area (Å²) in [6.45, 7) is 4.97. The zero-order chi connectivity index (χ0) is 11.5. The molecule has 0 bridgehead atoms. The highest BCUT2D eigenvalue weighted by Gasteiger charge is 2.08. The molecule has 3 N–H and O–H groups in total. The first-order valence-corrected chi connectivity index (χ1v) is 5.49. The summed E-state index contributed by atoms with van der Waals surface area (Å²) in [5, 5.41) is 3.31. The molecule has 16 heavy (non-hydrogen) atoms. The number of nitrogens with two attached hydrogens (primary N) is 1. The molecule has 4 heteroatoms. The van der Waals surface area contributed by atoms with Crippen molar-refractivity contribution in [3.63, 3.8) is 0 Å². The van der Waals surface area contributed by atoms with Gasteiger partial charge in [-0.25, -0.2) is 4.98 Å². The predicted octanol–water partition coefficient (Wildman–Crippen LogP) is 1.83. The molecule has 0 radical (unpaired) electrons. The van der Waals surface area contributed by atoms with Crippen LogP contribution in [0.25, 0.3) is 11.1 Å². The first-order valence-electron chi connectivity index (χ1n) is 5.49. The molecular weight excluding hydrogens is 202 g/mol. The molecule has 0 aliphatic carbocycles. The van der Waals surface area contributed by atoms with Crippen molar-refractivity contribution in [3.05, 3.63) is 30.2 Å². The SMILES string of the molecule is CC(C)NCC(N)c1ccc2ncoc2c1. The normalized spacial score (nSPS) is 13.5. The largest absolute Gasteiger partial charge is 0.443 e. The van der Waals surface area contributed by atoms with Gasteiger partial charge in [-0.15, -0.1) is 0 Å². The van der Waals surface area contributed by atoms with Crippen molar-refractivity contribution in [2.24, 2.45) is 5.73 Å². The second-order valence-corrected chi connectivity index (χ2v) is 4.25. The van der Waals surface area contributed by atoms with Gasteiger partial charge in [0.25, 0.3) is 0 Å². The average Bonchev–Trinajstić information content (AvgIpc) is 2.72. The quantitative estimate of drug-likeness (QED) is 0.823. The van der Waals surface area contributed by atoms with Gasteiger partial charge in [-0.05, 0) is 17.7 Å².